The molecule has 0 unspecified atom stereocenters. The summed E-state index contributed by atoms with van der Waals surface area (Å²) in [5, 5.41) is 13.1. The van der Waals surface area contributed by atoms with Crippen molar-refractivity contribution in [2.75, 3.05) is 25.4 Å². The van der Waals surface area contributed by atoms with Crippen LogP contribution in [-0.4, -0.2) is 50.9 Å². The van der Waals surface area contributed by atoms with E-state index in [2.05, 4.69) is 15.4 Å². The quantitative estimate of drug-likeness (QED) is 0.456. The first-order valence-corrected chi connectivity index (χ1v) is 8.25. The summed E-state index contributed by atoms with van der Waals surface area (Å²) in [6.07, 6.45) is 3.11. The normalized spacial score (nSPS) is 15.4. The number of aliphatic carboxylic acids is 1. The fraction of sp³-hybridized carbons (Fsp3) is 0.818. The SMILES string of the molecule is O=C(O)CCNC(=O)NCCS(=O)(=O)NCC1CCC1. The number of hydrogen-bond acceptors (Lipinski definition) is 4. The highest BCUT2D eigenvalue weighted by molar-refractivity contribution is 7.89. The summed E-state index contributed by atoms with van der Waals surface area (Å²) in [7, 11) is -3.37. The van der Waals surface area contributed by atoms with E-state index in [0.29, 0.717) is 12.5 Å². The minimum absolute atomic E-state index is 0.00778. The van der Waals surface area contributed by atoms with Crippen LogP contribution in [0.4, 0.5) is 4.79 Å². The molecule has 0 heterocycles. The summed E-state index contributed by atoms with van der Waals surface area (Å²) in [6, 6.07) is -0.569. The van der Waals surface area contributed by atoms with Crippen molar-refractivity contribution in [3.63, 3.8) is 0 Å². The predicted molar refractivity (Wildman–Crippen MR) is 72.8 cm³/mol. The van der Waals surface area contributed by atoms with Crippen molar-refractivity contribution in [2.45, 2.75) is 25.7 Å². The fourth-order valence-electron chi connectivity index (χ4n) is 1.66. The van der Waals surface area contributed by atoms with Crippen LogP contribution in [0, 0.1) is 5.92 Å². The van der Waals surface area contributed by atoms with E-state index in [1.54, 1.807) is 0 Å². The number of carbonyl (C=O) groups is 2. The smallest absolute Gasteiger partial charge is 0.314 e. The van der Waals surface area contributed by atoms with Crippen molar-refractivity contribution in [2.24, 2.45) is 5.92 Å². The second kappa shape index (κ2) is 8.05. The number of carboxylic acid groups (broad SMARTS) is 1. The second-order valence-electron chi connectivity index (χ2n) is 4.79. The van der Waals surface area contributed by atoms with Gasteiger partial charge in [0.1, 0.15) is 0 Å². The van der Waals surface area contributed by atoms with Gasteiger partial charge in [0.2, 0.25) is 10.0 Å². The number of sulfonamides is 1. The van der Waals surface area contributed by atoms with Crippen molar-refractivity contribution in [3.05, 3.63) is 0 Å². The minimum Gasteiger partial charge on any atom is -0.481 e. The molecule has 0 spiro atoms. The third-order valence-corrected chi connectivity index (χ3v) is 4.45. The first kappa shape index (κ1) is 16.7. The topological polar surface area (TPSA) is 125 Å². The Morgan fingerprint density at radius 1 is 1.15 bits per heavy atom. The maximum absolute atomic E-state index is 11.6. The number of rotatable bonds is 9. The molecule has 0 aromatic carbocycles. The lowest BCUT2D eigenvalue weighted by Gasteiger charge is -2.25. The van der Waals surface area contributed by atoms with Crippen LogP contribution in [-0.2, 0) is 14.8 Å². The Morgan fingerprint density at radius 3 is 2.35 bits per heavy atom. The molecular weight excluding hydrogens is 286 g/mol. The van der Waals surface area contributed by atoms with E-state index in [-0.39, 0.29) is 25.3 Å². The lowest BCUT2D eigenvalue weighted by Crippen LogP contribution is -2.41. The summed E-state index contributed by atoms with van der Waals surface area (Å²) in [4.78, 5) is 21.4. The van der Waals surface area contributed by atoms with Crippen LogP contribution in [0.1, 0.15) is 25.7 Å². The minimum atomic E-state index is -3.37. The molecule has 4 N–H and O–H groups in total. The Labute approximate surface area is 118 Å². The Bertz CT molecular complexity index is 433. The van der Waals surface area contributed by atoms with Gasteiger partial charge < -0.3 is 15.7 Å². The van der Waals surface area contributed by atoms with Crippen molar-refractivity contribution in [1.82, 2.24) is 15.4 Å². The van der Waals surface area contributed by atoms with E-state index < -0.39 is 22.0 Å². The molecule has 0 bridgehead atoms. The van der Waals surface area contributed by atoms with E-state index in [1.807, 2.05) is 0 Å². The molecule has 0 aliphatic heterocycles. The first-order valence-electron chi connectivity index (χ1n) is 6.60. The van der Waals surface area contributed by atoms with E-state index in [1.165, 1.54) is 0 Å². The van der Waals surface area contributed by atoms with Gasteiger partial charge in [0.25, 0.3) is 0 Å². The van der Waals surface area contributed by atoms with Gasteiger partial charge in [-0.05, 0) is 18.8 Å². The molecule has 8 nitrogen and oxygen atoms in total. The number of amides is 2. The Hall–Kier alpha value is -1.35. The van der Waals surface area contributed by atoms with Gasteiger partial charge in [0, 0.05) is 19.6 Å². The lowest BCUT2D eigenvalue weighted by molar-refractivity contribution is -0.136. The standard InChI is InChI=1S/C11H21N3O5S/c15-10(16)4-5-12-11(17)13-6-7-20(18,19)14-8-9-2-1-3-9/h9,14H,1-8H2,(H,15,16)(H2,12,13,17). The maximum Gasteiger partial charge on any atom is 0.314 e. The van der Waals surface area contributed by atoms with Crippen LogP contribution >= 0.6 is 0 Å². The summed E-state index contributed by atoms with van der Waals surface area (Å²) in [5.74, 6) is -0.753. The monoisotopic (exact) mass is 307 g/mol. The molecule has 1 aliphatic rings. The lowest BCUT2D eigenvalue weighted by atomic mass is 9.86. The Morgan fingerprint density at radius 2 is 1.80 bits per heavy atom. The van der Waals surface area contributed by atoms with Crippen molar-refractivity contribution >= 4 is 22.0 Å². The molecule has 1 rings (SSSR count). The van der Waals surface area contributed by atoms with Crippen LogP contribution in [0.2, 0.25) is 0 Å². The largest absolute Gasteiger partial charge is 0.481 e. The van der Waals surface area contributed by atoms with E-state index in [0.717, 1.165) is 19.3 Å². The summed E-state index contributed by atoms with van der Waals surface area (Å²) >= 11 is 0. The fourth-order valence-corrected chi connectivity index (χ4v) is 2.66. The van der Waals surface area contributed by atoms with Crippen LogP contribution < -0.4 is 15.4 Å². The third-order valence-electron chi connectivity index (χ3n) is 3.10. The number of urea groups is 1. The van der Waals surface area contributed by atoms with E-state index in [4.69, 9.17) is 5.11 Å². The molecule has 0 radical (unpaired) electrons. The second-order valence-corrected chi connectivity index (χ2v) is 6.72. The molecule has 116 valence electrons. The zero-order valence-corrected chi connectivity index (χ0v) is 12.0. The molecule has 2 amide bonds. The first-order chi connectivity index (χ1) is 9.39. The maximum atomic E-state index is 11.6. The molecule has 0 saturated heterocycles. The van der Waals surface area contributed by atoms with Gasteiger partial charge in [-0.15, -0.1) is 0 Å². The van der Waals surface area contributed by atoms with Crippen LogP contribution in [0.15, 0.2) is 0 Å². The molecule has 0 atom stereocenters. The average molecular weight is 307 g/mol. The van der Waals surface area contributed by atoms with Gasteiger partial charge in [-0.1, -0.05) is 6.42 Å². The van der Waals surface area contributed by atoms with Crippen molar-refractivity contribution in [3.8, 4) is 0 Å². The highest BCUT2D eigenvalue weighted by Gasteiger charge is 2.20. The molecule has 9 heteroatoms. The van der Waals surface area contributed by atoms with Gasteiger partial charge in [0.05, 0.1) is 12.2 Å². The van der Waals surface area contributed by atoms with Gasteiger partial charge in [-0.2, -0.15) is 0 Å². The Balaban J connectivity index is 2.08. The van der Waals surface area contributed by atoms with Gasteiger partial charge in [-0.25, -0.2) is 17.9 Å². The molecule has 1 saturated carbocycles. The summed E-state index contributed by atoms with van der Waals surface area (Å²) in [5.41, 5.74) is 0. The van der Waals surface area contributed by atoms with E-state index in [9.17, 15) is 18.0 Å². The number of carbonyl (C=O) groups excluding carboxylic acids is 1. The van der Waals surface area contributed by atoms with Gasteiger partial charge >= 0.3 is 12.0 Å². The van der Waals surface area contributed by atoms with Crippen LogP contribution in [0.5, 0.6) is 0 Å². The molecule has 0 aromatic rings. The van der Waals surface area contributed by atoms with E-state index >= 15 is 0 Å². The van der Waals surface area contributed by atoms with Crippen molar-refractivity contribution < 1.29 is 23.1 Å². The number of carboxylic acids is 1. The zero-order valence-electron chi connectivity index (χ0n) is 11.2. The summed E-state index contributed by atoms with van der Waals surface area (Å²) < 4.78 is 25.7. The molecule has 20 heavy (non-hydrogen) atoms. The third kappa shape index (κ3) is 7.29. The number of hydrogen-bond donors (Lipinski definition) is 4. The van der Waals surface area contributed by atoms with Gasteiger partial charge in [-0.3, -0.25) is 4.79 Å². The highest BCUT2D eigenvalue weighted by atomic mass is 32.2. The highest BCUT2D eigenvalue weighted by Crippen LogP contribution is 2.25. The zero-order chi connectivity index (χ0) is 15.0. The molecule has 1 aliphatic carbocycles. The number of nitrogens with one attached hydrogen (secondary N) is 3. The molecule has 1 fully saturated rings. The van der Waals surface area contributed by atoms with Gasteiger partial charge in [0.15, 0.2) is 0 Å². The van der Waals surface area contributed by atoms with Crippen molar-refractivity contribution in [1.29, 1.82) is 0 Å². The summed E-state index contributed by atoms with van der Waals surface area (Å²) in [6.45, 7) is 0.458. The van der Waals surface area contributed by atoms with Crippen LogP contribution in [0.25, 0.3) is 0 Å². The molecular formula is C11H21N3O5S. The Kier molecular flexibility index (Phi) is 6.73. The molecule has 0 aromatic heterocycles. The predicted octanol–water partition coefficient (Wildman–Crippen LogP) is -0.520. The average Bonchev–Trinajstić information content (AvgIpc) is 2.25. The van der Waals surface area contributed by atoms with Crippen LogP contribution in [0.3, 0.4) is 0 Å².